The van der Waals surface area contributed by atoms with Gasteiger partial charge in [-0.2, -0.15) is 0 Å². The minimum atomic E-state index is -0.0538. The van der Waals surface area contributed by atoms with Crippen LogP contribution in [0.5, 0.6) is 0 Å². The van der Waals surface area contributed by atoms with Gasteiger partial charge in [0, 0.05) is 34.2 Å². The van der Waals surface area contributed by atoms with Crippen molar-refractivity contribution in [3.63, 3.8) is 0 Å². The van der Waals surface area contributed by atoms with E-state index in [9.17, 15) is 0 Å². The fraction of sp³-hybridized carbons (Fsp3) is 0.250. The van der Waals surface area contributed by atoms with E-state index in [1.165, 1.54) is 0 Å². The van der Waals surface area contributed by atoms with E-state index >= 15 is 0 Å². The summed E-state index contributed by atoms with van der Waals surface area (Å²) >= 11 is 3.34. The molecule has 0 bridgehead atoms. The van der Waals surface area contributed by atoms with Crippen LogP contribution in [0.1, 0.15) is 24.2 Å². The summed E-state index contributed by atoms with van der Waals surface area (Å²) in [6.07, 6.45) is 3.50. The largest absolute Gasteiger partial charge is 0.324 e. The maximum Gasteiger partial charge on any atom is 0.178 e. The zero-order valence-corrected chi connectivity index (χ0v) is 11.3. The Labute approximate surface area is 108 Å². The van der Waals surface area contributed by atoms with E-state index in [1.54, 1.807) is 12.4 Å². The van der Waals surface area contributed by atoms with Gasteiger partial charge < -0.3 is 5.73 Å². The molecule has 0 amide bonds. The van der Waals surface area contributed by atoms with Crippen molar-refractivity contribution in [1.82, 2.24) is 15.0 Å². The molecule has 2 rings (SSSR count). The number of aromatic nitrogens is 3. The Morgan fingerprint density at radius 1 is 1.24 bits per heavy atom. The first-order valence-electron chi connectivity index (χ1n) is 5.29. The van der Waals surface area contributed by atoms with Crippen LogP contribution >= 0.6 is 15.9 Å². The Morgan fingerprint density at radius 2 is 2.00 bits per heavy atom. The molecule has 2 aromatic heterocycles. The lowest BCUT2D eigenvalue weighted by molar-refractivity contribution is 0.790. The van der Waals surface area contributed by atoms with Crippen molar-refractivity contribution in [2.45, 2.75) is 19.9 Å². The molecule has 2 heterocycles. The minimum Gasteiger partial charge on any atom is -0.324 e. The van der Waals surface area contributed by atoms with E-state index in [1.807, 2.05) is 26.0 Å². The van der Waals surface area contributed by atoms with Gasteiger partial charge in [-0.1, -0.05) is 0 Å². The Kier molecular flexibility index (Phi) is 3.49. The van der Waals surface area contributed by atoms with E-state index < -0.39 is 0 Å². The fourth-order valence-electron chi connectivity index (χ4n) is 1.55. The summed E-state index contributed by atoms with van der Waals surface area (Å²) in [5.41, 5.74) is 8.44. The van der Waals surface area contributed by atoms with Crippen molar-refractivity contribution in [3.8, 4) is 11.5 Å². The predicted molar refractivity (Wildman–Crippen MR) is 70.3 cm³/mol. The van der Waals surface area contributed by atoms with Crippen molar-refractivity contribution in [3.05, 3.63) is 40.3 Å². The molecule has 1 unspecified atom stereocenters. The van der Waals surface area contributed by atoms with Gasteiger partial charge in [0.25, 0.3) is 0 Å². The van der Waals surface area contributed by atoms with Crippen molar-refractivity contribution >= 4 is 15.9 Å². The molecule has 2 aromatic rings. The first-order valence-corrected chi connectivity index (χ1v) is 6.08. The van der Waals surface area contributed by atoms with Gasteiger partial charge in [-0.25, -0.2) is 9.97 Å². The Morgan fingerprint density at radius 3 is 2.53 bits per heavy atom. The van der Waals surface area contributed by atoms with Crippen LogP contribution in [0.2, 0.25) is 0 Å². The predicted octanol–water partition coefficient (Wildman–Crippen LogP) is 2.63. The van der Waals surface area contributed by atoms with Gasteiger partial charge >= 0.3 is 0 Å². The van der Waals surface area contributed by atoms with Crippen LogP contribution < -0.4 is 5.73 Å². The molecule has 0 fully saturated rings. The number of pyridine rings is 1. The summed E-state index contributed by atoms with van der Waals surface area (Å²) in [7, 11) is 0. The molecule has 17 heavy (non-hydrogen) atoms. The van der Waals surface area contributed by atoms with E-state index in [4.69, 9.17) is 5.73 Å². The van der Waals surface area contributed by atoms with Crippen LogP contribution in [-0.2, 0) is 0 Å². The van der Waals surface area contributed by atoms with Crippen LogP contribution in [0.3, 0.4) is 0 Å². The first kappa shape index (κ1) is 12.1. The van der Waals surface area contributed by atoms with Gasteiger partial charge in [0.15, 0.2) is 5.82 Å². The molecule has 0 radical (unpaired) electrons. The summed E-state index contributed by atoms with van der Waals surface area (Å²) in [4.78, 5) is 13.0. The maximum atomic E-state index is 5.82. The Bertz CT molecular complexity index is 523. The van der Waals surface area contributed by atoms with Crippen molar-refractivity contribution < 1.29 is 0 Å². The lowest BCUT2D eigenvalue weighted by atomic mass is 10.1. The Hall–Kier alpha value is -1.33. The smallest absolute Gasteiger partial charge is 0.178 e. The van der Waals surface area contributed by atoms with Gasteiger partial charge in [-0.3, -0.25) is 4.98 Å². The van der Waals surface area contributed by atoms with Crippen molar-refractivity contribution in [2.24, 2.45) is 5.73 Å². The van der Waals surface area contributed by atoms with Gasteiger partial charge in [-0.15, -0.1) is 0 Å². The number of hydrogen-bond donors (Lipinski definition) is 1. The normalized spacial score (nSPS) is 12.5. The van der Waals surface area contributed by atoms with E-state index in [0.717, 1.165) is 21.4 Å². The van der Waals surface area contributed by atoms with Crippen LogP contribution in [0.4, 0.5) is 0 Å². The fourth-order valence-corrected chi connectivity index (χ4v) is 1.79. The second-order valence-corrected chi connectivity index (χ2v) is 4.80. The van der Waals surface area contributed by atoms with Crippen LogP contribution in [-0.4, -0.2) is 15.0 Å². The molecule has 1 atom stereocenters. The number of aryl methyl sites for hydroxylation is 1. The van der Waals surface area contributed by atoms with Gasteiger partial charge in [0.05, 0.1) is 0 Å². The highest BCUT2D eigenvalue weighted by atomic mass is 79.9. The third kappa shape index (κ3) is 2.68. The number of hydrogen-bond acceptors (Lipinski definition) is 4. The molecule has 4 nitrogen and oxygen atoms in total. The zero-order valence-electron chi connectivity index (χ0n) is 9.68. The van der Waals surface area contributed by atoms with Crippen LogP contribution in [0.25, 0.3) is 11.5 Å². The molecule has 88 valence electrons. The standard InChI is InChI=1S/C12H13BrN4/c1-7(14)10-6-16-12(17-8(10)2)11-4-3-9(13)5-15-11/h3-7H,14H2,1-2H3. The summed E-state index contributed by atoms with van der Waals surface area (Å²) in [5.74, 6) is 0.624. The molecular formula is C12H13BrN4. The molecule has 0 aromatic carbocycles. The monoisotopic (exact) mass is 292 g/mol. The second-order valence-electron chi connectivity index (χ2n) is 3.88. The lowest BCUT2D eigenvalue weighted by Gasteiger charge is -2.09. The quantitative estimate of drug-likeness (QED) is 0.924. The summed E-state index contributed by atoms with van der Waals surface area (Å²) < 4.78 is 0.935. The van der Waals surface area contributed by atoms with Gasteiger partial charge in [0.2, 0.25) is 0 Å². The number of nitrogens with zero attached hydrogens (tertiary/aromatic N) is 3. The van der Waals surface area contributed by atoms with Crippen LogP contribution in [0, 0.1) is 6.92 Å². The third-order valence-corrected chi connectivity index (χ3v) is 2.93. The lowest BCUT2D eigenvalue weighted by Crippen LogP contribution is -2.09. The molecule has 0 spiro atoms. The number of nitrogens with two attached hydrogens (primary N) is 1. The number of rotatable bonds is 2. The average molecular weight is 293 g/mol. The molecule has 0 aliphatic carbocycles. The van der Waals surface area contributed by atoms with E-state index in [-0.39, 0.29) is 6.04 Å². The molecule has 0 saturated carbocycles. The number of halogens is 1. The van der Waals surface area contributed by atoms with Crippen molar-refractivity contribution in [1.29, 1.82) is 0 Å². The topological polar surface area (TPSA) is 64.7 Å². The van der Waals surface area contributed by atoms with E-state index in [2.05, 4.69) is 30.9 Å². The molecule has 5 heteroatoms. The van der Waals surface area contributed by atoms with Crippen LogP contribution in [0.15, 0.2) is 29.0 Å². The molecule has 0 aliphatic heterocycles. The third-order valence-electron chi connectivity index (χ3n) is 2.46. The summed E-state index contributed by atoms with van der Waals surface area (Å²) in [6, 6.07) is 3.74. The van der Waals surface area contributed by atoms with E-state index in [0.29, 0.717) is 5.82 Å². The Balaban J connectivity index is 2.41. The highest BCUT2D eigenvalue weighted by Gasteiger charge is 2.09. The molecular weight excluding hydrogens is 280 g/mol. The first-order chi connectivity index (χ1) is 8.08. The molecule has 0 aliphatic rings. The van der Waals surface area contributed by atoms with Gasteiger partial charge in [0.1, 0.15) is 5.69 Å². The summed E-state index contributed by atoms with van der Waals surface area (Å²) in [5, 5.41) is 0. The zero-order chi connectivity index (χ0) is 12.4. The van der Waals surface area contributed by atoms with Crippen molar-refractivity contribution in [2.75, 3.05) is 0 Å². The average Bonchev–Trinajstić information content (AvgIpc) is 2.29. The SMILES string of the molecule is Cc1nc(-c2ccc(Br)cn2)ncc1C(C)N. The summed E-state index contributed by atoms with van der Waals surface area (Å²) in [6.45, 7) is 3.85. The second kappa shape index (κ2) is 4.89. The minimum absolute atomic E-state index is 0.0538. The maximum absolute atomic E-state index is 5.82. The highest BCUT2D eigenvalue weighted by Crippen LogP contribution is 2.18. The van der Waals surface area contributed by atoms with Gasteiger partial charge in [-0.05, 0) is 41.9 Å². The highest BCUT2D eigenvalue weighted by molar-refractivity contribution is 9.10. The molecule has 0 saturated heterocycles. The molecule has 2 N–H and O–H groups in total.